The number of aryl methyl sites for hydroxylation is 1. The zero-order chi connectivity index (χ0) is 13.7. The van der Waals surface area contributed by atoms with E-state index < -0.39 is 0 Å². The van der Waals surface area contributed by atoms with E-state index in [1.54, 1.807) is 0 Å². The summed E-state index contributed by atoms with van der Waals surface area (Å²) >= 11 is 0. The summed E-state index contributed by atoms with van der Waals surface area (Å²) in [5, 5.41) is 18.5. The topological polar surface area (TPSA) is 104 Å². The van der Waals surface area contributed by atoms with Crippen molar-refractivity contribution in [3.05, 3.63) is 11.4 Å². The van der Waals surface area contributed by atoms with Crippen LogP contribution in [0.3, 0.4) is 0 Å². The smallest absolute Gasteiger partial charge is 0.274 e. The second kappa shape index (κ2) is 6.39. The Hall–Kier alpha value is -1.56. The van der Waals surface area contributed by atoms with Crippen LogP contribution in [-0.4, -0.2) is 33.9 Å². The van der Waals surface area contributed by atoms with Crippen molar-refractivity contribution >= 4 is 11.6 Å². The number of hydrogen-bond acceptors (Lipinski definition) is 4. The Kier molecular flexibility index (Phi) is 5.15. The summed E-state index contributed by atoms with van der Waals surface area (Å²) in [5.74, 6) is -0.0532. The van der Waals surface area contributed by atoms with Crippen molar-refractivity contribution in [3.8, 4) is 0 Å². The predicted molar refractivity (Wildman–Crippen MR) is 70.2 cm³/mol. The average molecular weight is 254 g/mol. The highest BCUT2D eigenvalue weighted by Crippen LogP contribution is 2.15. The zero-order valence-corrected chi connectivity index (χ0v) is 11.2. The first-order valence-corrected chi connectivity index (χ1v) is 6.25. The van der Waals surface area contributed by atoms with E-state index in [-0.39, 0.29) is 30.2 Å². The van der Waals surface area contributed by atoms with Gasteiger partial charge in [-0.05, 0) is 18.8 Å². The highest BCUT2D eigenvalue weighted by Gasteiger charge is 2.21. The number of aromatic nitrogens is 2. The van der Waals surface area contributed by atoms with Gasteiger partial charge in [0, 0.05) is 12.6 Å². The number of carbonyl (C=O) groups excluding carboxylic acids is 1. The first-order valence-electron chi connectivity index (χ1n) is 6.25. The second-order valence-electron chi connectivity index (χ2n) is 4.65. The van der Waals surface area contributed by atoms with Crippen molar-refractivity contribution in [1.29, 1.82) is 0 Å². The molecule has 0 spiro atoms. The molecular formula is C12H22N4O2. The molecule has 0 fully saturated rings. The molecule has 0 saturated heterocycles. The minimum Gasteiger partial charge on any atom is -0.396 e. The largest absolute Gasteiger partial charge is 0.396 e. The molecule has 0 aromatic carbocycles. The Morgan fingerprint density at radius 1 is 1.56 bits per heavy atom. The third-order valence-corrected chi connectivity index (χ3v) is 3.01. The molecule has 6 nitrogen and oxygen atoms in total. The van der Waals surface area contributed by atoms with Crippen LogP contribution in [0.1, 0.15) is 43.4 Å². The van der Waals surface area contributed by atoms with E-state index in [2.05, 4.69) is 15.5 Å². The van der Waals surface area contributed by atoms with E-state index in [4.69, 9.17) is 10.8 Å². The van der Waals surface area contributed by atoms with Gasteiger partial charge < -0.3 is 16.2 Å². The number of anilines is 1. The molecule has 18 heavy (non-hydrogen) atoms. The van der Waals surface area contributed by atoms with Crippen molar-refractivity contribution in [2.24, 2.45) is 5.92 Å². The molecule has 6 heteroatoms. The maximum atomic E-state index is 12.0. The summed E-state index contributed by atoms with van der Waals surface area (Å²) in [6, 6.07) is -0.0799. The number of amides is 1. The highest BCUT2D eigenvalue weighted by molar-refractivity contribution is 5.97. The molecule has 0 saturated carbocycles. The Balaban J connectivity index is 2.77. The molecule has 0 bridgehead atoms. The Morgan fingerprint density at radius 3 is 2.67 bits per heavy atom. The number of H-pyrrole nitrogens is 1. The number of rotatable bonds is 6. The summed E-state index contributed by atoms with van der Waals surface area (Å²) in [7, 11) is 0. The Bertz CT molecular complexity index is 401. The lowest BCUT2D eigenvalue weighted by atomic mass is 10.0. The van der Waals surface area contributed by atoms with Crippen LogP contribution in [0.4, 0.5) is 5.69 Å². The fraction of sp³-hybridized carbons (Fsp3) is 0.667. The summed E-state index contributed by atoms with van der Waals surface area (Å²) in [6.45, 7) is 5.96. The number of nitrogens with two attached hydrogens (primary N) is 1. The lowest BCUT2D eigenvalue weighted by Gasteiger charge is -2.21. The van der Waals surface area contributed by atoms with E-state index in [1.165, 1.54) is 0 Å². The predicted octanol–water partition coefficient (Wildman–Crippen LogP) is 0.691. The van der Waals surface area contributed by atoms with Gasteiger partial charge in [-0.25, -0.2) is 0 Å². The Labute approximate surface area is 107 Å². The van der Waals surface area contributed by atoms with Gasteiger partial charge in [-0.1, -0.05) is 20.8 Å². The standard InChI is InChI=1S/C12H22N4O2/c1-4-8-10(13)11(16-15-8)12(18)14-9(5-6-17)7(2)3/h7,9,17H,4-6,13H2,1-3H3,(H,14,18)(H,15,16). The van der Waals surface area contributed by atoms with Gasteiger partial charge in [-0.15, -0.1) is 0 Å². The van der Waals surface area contributed by atoms with Crippen LogP contribution < -0.4 is 11.1 Å². The molecule has 0 aliphatic heterocycles. The number of hydrogen-bond donors (Lipinski definition) is 4. The average Bonchev–Trinajstić information content (AvgIpc) is 2.69. The molecule has 1 atom stereocenters. The number of nitrogen functional groups attached to an aromatic ring is 1. The van der Waals surface area contributed by atoms with E-state index in [1.807, 2.05) is 20.8 Å². The third-order valence-electron chi connectivity index (χ3n) is 3.01. The van der Waals surface area contributed by atoms with E-state index in [0.29, 0.717) is 18.5 Å². The van der Waals surface area contributed by atoms with Crippen LogP contribution in [0.2, 0.25) is 0 Å². The Morgan fingerprint density at radius 2 is 2.22 bits per heavy atom. The molecule has 1 heterocycles. The van der Waals surface area contributed by atoms with Crippen molar-refractivity contribution in [2.45, 2.75) is 39.7 Å². The van der Waals surface area contributed by atoms with E-state index in [9.17, 15) is 4.79 Å². The number of nitrogens with zero attached hydrogens (tertiary/aromatic N) is 1. The lowest BCUT2D eigenvalue weighted by molar-refractivity contribution is 0.0912. The molecule has 1 unspecified atom stereocenters. The van der Waals surface area contributed by atoms with Crippen LogP contribution in [0.15, 0.2) is 0 Å². The zero-order valence-electron chi connectivity index (χ0n) is 11.2. The van der Waals surface area contributed by atoms with Crippen molar-refractivity contribution in [3.63, 3.8) is 0 Å². The molecule has 5 N–H and O–H groups in total. The van der Waals surface area contributed by atoms with Crippen LogP contribution in [0.5, 0.6) is 0 Å². The molecule has 102 valence electrons. The quantitative estimate of drug-likeness (QED) is 0.599. The van der Waals surface area contributed by atoms with Gasteiger partial charge in [0.05, 0.1) is 11.4 Å². The molecule has 0 radical (unpaired) electrons. The SMILES string of the molecule is CCc1[nH]nc(C(=O)NC(CCO)C(C)C)c1N. The van der Waals surface area contributed by atoms with Crippen molar-refractivity contribution < 1.29 is 9.90 Å². The summed E-state index contributed by atoms with van der Waals surface area (Å²) in [4.78, 5) is 12.0. The maximum Gasteiger partial charge on any atom is 0.274 e. The molecule has 1 amide bonds. The van der Waals surface area contributed by atoms with Gasteiger partial charge in [-0.2, -0.15) is 5.10 Å². The van der Waals surface area contributed by atoms with Crippen LogP contribution >= 0.6 is 0 Å². The number of aliphatic hydroxyl groups is 1. The van der Waals surface area contributed by atoms with Crippen LogP contribution in [-0.2, 0) is 6.42 Å². The van der Waals surface area contributed by atoms with Gasteiger partial charge in [0.25, 0.3) is 5.91 Å². The molecule has 1 aromatic heterocycles. The van der Waals surface area contributed by atoms with Gasteiger partial charge in [0.2, 0.25) is 0 Å². The molecule has 1 rings (SSSR count). The number of nitrogens with one attached hydrogen (secondary N) is 2. The fourth-order valence-corrected chi connectivity index (χ4v) is 1.78. The lowest BCUT2D eigenvalue weighted by Crippen LogP contribution is -2.39. The van der Waals surface area contributed by atoms with Crippen molar-refractivity contribution in [1.82, 2.24) is 15.5 Å². The second-order valence-corrected chi connectivity index (χ2v) is 4.65. The van der Waals surface area contributed by atoms with E-state index in [0.717, 1.165) is 5.69 Å². The first kappa shape index (κ1) is 14.5. The minimum absolute atomic E-state index is 0.0411. The van der Waals surface area contributed by atoms with Gasteiger partial charge >= 0.3 is 0 Å². The van der Waals surface area contributed by atoms with Gasteiger partial charge in [0.15, 0.2) is 5.69 Å². The molecule has 0 aliphatic carbocycles. The first-order chi connectivity index (χ1) is 8.51. The van der Waals surface area contributed by atoms with Gasteiger partial charge in [0.1, 0.15) is 0 Å². The minimum atomic E-state index is -0.296. The summed E-state index contributed by atoms with van der Waals surface area (Å²) in [6.07, 6.45) is 1.23. The number of aromatic amines is 1. The summed E-state index contributed by atoms with van der Waals surface area (Å²) < 4.78 is 0. The molecular weight excluding hydrogens is 232 g/mol. The monoisotopic (exact) mass is 254 g/mol. The van der Waals surface area contributed by atoms with Crippen LogP contribution in [0.25, 0.3) is 0 Å². The number of aliphatic hydroxyl groups excluding tert-OH is 1. The van der Waals surface area contributed by atoms with Gasteiger partial charge in [-0.3, -0.25) is 9.89 Å². The van der Waals surface area contributed by atoms with E-state index >= 15 is 0 Å². The molecule has 1 aromatic rings. The normalized spacial score (nSPS) is 12.7. The fourth-order valence-electron chi connectivity index (χ4n) is 1.78. The highest BCUT2D eigenvalue weighted by atomic mass is 16.3. The van der Waals surface area contributed by atoms with Crippen LogP contribution in [0, 0.1) is 5.92 Å². The summed E-state index contributed by atoms with van der Waals surface area (Å²) in [5.41, 5.74) is 7.24. The maximum absolute atomic E-state index is 12.0. The van der Waals surface area contributed by atoms with Crippen molar-refractivity contribution in [2.75, 3.05) is 12.3 Å². The third kappa shape index (κ3) is 3.22. The number of carbonyl (C=O) groups is 1. The molecule has 0 aliphatic rings.